The van der Waals surface area contributed by atoms with Crippen LogP contribution in [0.1, 0.15) is 65.2 Å². The molecule has 0 saturated heterocycles. The van der Waals surface area contributed by atoms with Crippen molar-refractivity contribution >= 4 is 5.71 Å². The first-order valence-electron chi connectivity index (χ1n) is 11.1. The van der Waals surface area contributed by atoms with Gasteiger partial charge in [0.25, 0.3) is 0 Å². The normalized spacial score (nSPS) is 55.6. The molecule has 136 valence electrons. The Kier molecular flexibility index (Phi) is 3.28. The van der Waals surface area contributed by atoms with Gasteiger partial charge in [-0.2, -0.15) is 0 Å². The average molecular weight is 339 g/mol. The molecule has 0 heterocycles. The highest BCUT2D eigenvalue weighted by Gasteiger charge is 2.54. The van der Waals surface area contributed by atoms with Gasteiger partial charge in [0.05, 0.1) is 6.04 Å². The van der Waals surface area contributed by atoms with Crippen molar-refractivity contribution < 1.29 is 0 Å². The van der Waals surface area contributed by atoms with Crippen LogP contribution in [0, 0.1) is 47.3 Å². The van der Waals surface area contributed by atoms with E-state index in [0.717, 1.165) is 53.4 Å². The summed E-state index contributed by atoms with van der Waals surface area (Å²) < 4.78 is 0. The third-order valence-electron chi connectivity index (χ3n) is 9.24. The lowest BCUT2D eigenvalue weighted by Gasteiger charge is -2.33. The van der Waals surface area contributed by atoms with Crippen molar-refractivity contribution in [2.75, 3.05) is 0 Å². The summed E-state index contributed by atoms with van der Waals surface area (Å²) in [5, 5.41) is 3.94. The quantitative estimate of drug-likeness (QED) is 0.731. The third kappa shape index (κ3) is 2.31. The molecular weight excluding hydrogens is 304 g/mol. The molecule has 0 aromatic heterocycles. The molecule has 2 nitrogen and oxygen atoms in total. The molecule has 0 aromatic rings. The van der Waals surface area contributed by atoms with E-state index in [9.17, 15) is 0 Å². The first kappa shape index (κ1) is 15.3. The molecule has 8 bridgehead atoms. The van der Waals surface area contributed by atoms with Gasteiger partial charge in [0, 0.05) is 17.5 Å². The van der Waals surface area contributed by atoms with Crippen LogP contribution in [-0.2, 0) is 0 Å². The van der Waals surface area contributed by atoms with Gasteiger partial charge in [0.1, 0.15) is 0 Å². The molecule has 8 fully saturated rings. The molecule has 8 aliphatic carbocycles. The van der Waals surface area contributed by atoms with Gasteiger partial charge in [-0.25, -0.2) is 0 Å². The maximum atomic E-state index is 5.25. The Hall–Kier alpha value is -0.790. The molecule has 1 N–H and O–H groups in total. The predicted molar refractivity (Wildman–Crippen MR) is 102 cm³/mol. The summed E-state index contributed by atoms with van der Waals surface area (Å²) in [5.74, 6) is 8.00. The summed E-state index contributed by atoms with van der Waals surface area (Å²) in [6, 6.07) is 1.43. The van der Waals surface area contributed by atoms with Crippen molar-refractivity contribution in [1.82, 2.24) is 5.32 Å². The van der Waals surface area contributed by atoms with Crippen LogP contribution >= 0.6 is 0 Å². The van der Waals surface area contributed by atoms with E-state index < -0.39 is 0 Å². The van der Waals surface area contributed by atoms with Gasteiger partial charge in [-0.05, 0) is 119 Å². The number of allylic oxidation sites excluding steroid dienone is 2. The number of nitrogens with one attached hydrogen (secondary N) is 1. The second-order valence-corrected chi connectivity index (χ2v) is 10.7. The fraction of sp³-hybridized carbons (Fsp3) is 0.870. The van der Waals surface area contributed by atoms with E-state index in [-0.39, 0.29) is 0 Å². The molecular formula is C23H34N2. The van der Waals surface area contributed by atoms with Crippen LogP contribution in [-0.4, -0.2) is 17.8 Å². The summed E-state index contributed by atoms with van der Waals surface area (Å²) in [5.41, 5.74) is 2.65. The molecule has 0 amide bonds. The van der Waals surface area contributed by atoms with Gasteiger partial charge < -0.3 is 5.32 Å². The molecule has 0 aromatic carbocycles. The van der Waals surface area contributed by atoms with Gasteiger partial charge in [-0.15, -0.1) is 0 Å². The zero-order chi connectivity index (χ0) is 16.7. The lowest BCUT2D eigenvalue weighted by atomic mass is 9.79. The predicted octanol–water partition coefficient (Wildman–Crippen LogP) is 4.81. The minimum atomic E-state index is 0.658. The molecule has 8 aliphatic rings. The Morgan fingerprint density at radius 1 is 0.760 bits per heavy atom. The van der Waals surface area contributed by atoms with Crippen molar-refractivity contribution in [2.24, 2.45) is 52.3 Å². The van der Waals surface area contributed by atoms with Crippen LogP contribution in [0.4, 0.5) is 0 Å². The second kappa shape index (κ2) is 5.36. The SMILES string of the molecule is C/C(=C/C(C)=N/C1C2CC3CC(C2)C1C3)NC1C2CC3CC(C2)C1C3. The summed E-state index contributed by atoms with van der Waals surface area (Å²) >= 11 is 0. The maximum Gasteiger partial charge on any atom is 0.0562 e. The fourth-order valence-corrected chi connectivity index (χ4v) is 8.75. The number of hydrogen-bond donors (Lipinski definition) is 1. The maximum absolute atomic E-state index is 5.25. The Bertz CT molecular complexity index is 626. The minimum Gasteiger partial charge on any atom is -0.385 e. The summed E-state index contributed by atoms with van der Waals surface area (Å²) in [4.78, 5) is 5.25. The van der Waals surface area contributed by atoms with E-state index in [1.165, 1.54) is 62.8 Å². The second-order valence-electron chi connectivity index (χ2n) is 10.7. The number of nitrogens with zero attached hydrogens (tertiary/aromatic N) is 1. The number of hydrogen-bond acceptors (Lipinski definition) is 2. The van der Waals surface area contributed by atoms with E-state index in [1.807, 2.05) is 0 Å². The zero-order valence-corrected chi connectivity index (χ0v) is 16.0. The Morgan fingerprint density at radius 2 is 1.40 bits per heavy atom. The molecule has 2 heteroatoms. The summed E-state index contributed by atoms with van der Waals surface area (Å²) in [7, 11) is 0. The Labute approximate surface area is 152 Å². The lowest BCUT2D eigenvalue weighted by Crippen LogP contribution is -2.40. The summed E-state index contributed by atoms with van der Waals surface area (Å²) in [6.07, 6.45) is 14.4. The smallest absolute Gasteiger partial charge is 0.0562 e. The van der Waals surface area contributed by atoms with Gasteiger partial charge in [0.2, 0.25) is 0 Å². The van der Waals surface area contributed by atoms with Crippen LogP contribution in [0.3, 0.4) is 0 Å². The first-order valence-corrected chi connectivity index (χ1v) is 11.1. The van der Waals surface area contributed by atoms with Gasteiger partial charge in [-0.1, -0.05) is 0 Å². The van der Waals surface area contributed by atoms with E-state index in [0.29, 0.717) is 6.04 Å². The molecule has 25 heavy (non-hydrogen) atoms. The van der Waals surface area contributed by atoms with Gasteiger partial charge >= 0.3 is 0 Å². The van der Waals surface area contributed by atoms with Crippen LogP contribution in [0.2, 0.25) is 0 Å². The standard InChI is InChI=1S/C23H34N2/c1-12(24-22-18-6-14-4-16(10-18)20(22)8-14)3-13(2)25-23-19-7-15-5-17(11-19)21(23)9-15/h3,14-24H,4-11H2,1-2H3/b12-3-,25-13+. The van der Waals surface area contributed by atoms with Gasteiger partial charge in [-0.3, -0.25) is 4.99 Å². The van der Waals surface area contributed by atoms with E-state index in [1.54, 1.807) is 0 Å². The number of rotatable bonds is 4. The van der Waals surface area contributed by atoms with Crippen molar-refractivity contribution in [3.63, 3.8) is 0 Å². The van der Waals surface area contributed by atoms with Crippen LogP contribution in [0.15, 0.2) is 16.8 Å². The molecule has 0 spiro atoms. The zero-order valence-electron chi connectivity index (χ0n) is 16.0. The highest BCUT2D eigenvalue weighted by molar-refractivity contribution is 5.93. The van der Waals surface area contributed by atoms with Crippen molar-refractivity contribution in [2.45, 2.75) is 77.3 Å². The van der Waals surface area contributed by atoms with Crippen LogP contribution in [0.5, 0.6) is 0 Å². The largest absolute Gasteiger partial charge is 0.385 e. The van der Waals surface area contributed by atoms with Crippen molar-refractivity contribution in [3.05, 3.63) is 11.8 Å². The van der Waals surface area contributed by atoms with Crippen LogP contribution < -0.4 is 5.32 Å². The Morgan fingerprint density at radius 3 is 2.16 bits per heavy atom. The topological polar surface area (TPSA) is 24.4 Å². The van der Waals surface area contributed by atoms with Gasteiger partial charge in [0.15, 0.2) is 0 Å². The van der Waals surface area contributed by atoms with Crippen molar-refractivity contribution in [3.8, 4) is 0 Å². The van der Waals surface area contributed by atoms with Crippen LogP contribution in [0.25, 0.3) is 0 Å². The molecule has 10 atom stereocenters. The van der Waals surface area contributed by atoms with E-state index in [4.69, 9.17) is 4.99 Å². The van der Waals surface area contributed by atoms with E-state index >= 15 is 0 Å². The molecule has 10 unspecified atom stereocenters. The highest BCUT2D eigenvalue weighted by atomic mass is 15.0. The molecule has 8 rings (SSSR count). The fourth-order valence-electron chi connectivity index (χ4n) is 8.75. The lowest BCUT2D eigenvalue weighted by molar-refractivity contribution is 0.229. The summed E-state index contributed by atoms with van der Waals surface area (Å²) in [6.45, 7) is 4.53. The first-order chi connectivity index (χ1) is 12.1. The highest BCUT2D eigenvalue weighted by Crippen LogP contribution is 2.59. The molecule has 8 saturated carbocycles. The Balaban J connectivity index is 1.15. The van der Waals surface area contributed by atoms with Crippen molar-refractivity contribution in [1.29, 1.82) is 0 Å². The molecule has 0 radical (unpaired) electrons. The number of aliphatic imine (C=N–C) groups is 1. The van der Waals surface area contributed by atoms with E-state index in [2.05, 4.69) is 25.2 Å². The molecule has 0 aliphatic heterocycles. The minimum absolute atomic E-state index is 0.658. The third-order valence-corrected chi connectivity index (χ3v) is 9.24. The average Bonchev–Trinajstić information content (AvgIpc) is 3.17. The monoisotopic (exact) mass is 338 g/mol.